The molecule has 1 fully saturated rings. The number of thioether (sulfide) groups is 1. The first-order valence-corrected chi connectivity index (χ1v) is 13.5. The van der Waals surface area contributed by atoms with Gasteiger partial charge in [-0.3, -0.25) is 8.76 Å². The van der Waals surface area contributed by atoms with E-state index >= 15 is 0 Å². The maximum atomic E-state index is 11.0. The van der Waals surface area contributed by atoms with Crippen molar-refractivity contribution >= 4 is 38.0 Å². The van der Waals surface area contributed by atoms with Crippen LogP contribution >= 0.6 is 11.8 Å². The molecule has 1 rings (SSSR count). The Balaban J connectivity index is 2.58. The van der Waals surface area contributed by atoms with E-state index in [1.165, 1.54) is 0 Å². The van der Waals surface area contributed by atoms with E-state index < -0.39 is 57.7 Å². The molecule has 0 aliphatic carbocycles. The normalized spacial score (nSPS) is 29.0. The van der Waals surface area contributed by atoms with Crippen molar-refractivity contribution in [1.29, 1.82) is 0 Å². The van der Waals surface area contributed by atoms with Crippen LogP contribution in [-0.2, 0) is 30.2 Å². The van der Waals surface area contributed by atoms with Gasteiger partial charge in [0.15, 0.2) is 0 Å². The Bertz CT molecular complexity index is 658. The van der Waals surface area contributed by atoms with Gasteiger partial charge >= 0.3 is 10.4 Å². The van der Waals surface area contributed by atoms with Gasteiger partial charge in [0.1, 0.15) is 34.9 Å². The molecule has 0 spiro atoms. The number of nitrogens with zero attached hydrogens (tertiary/aromatic N) is 1. The van der Waals surface area contributed by atoms with E-state index in [0.29, 0.717) is 12.2 Å². The maximum Gasteiger partial charge on any atom is 0.466 e. The first-order chi connectivity index (χ1) is 14.0. The summed E-state index contributed by atoms with van der Waals surface area (Å²) in [5.74, 6) is 0.680. The smallest absolute Gasteiger partial charge is 0.394 e. The van der Waals surface area contributed by atoms with Gasteiger partial charge in [0, 0.05) is 22.8 Å². The molecule has 0 aromatic heterocycles. The zero-order valence-corrected chi connectivity index (χ0v) is 19.1. The van der Waals surface area contributed by atoms with E-state index in [9.17, 15) is 33.1 Å². The van der Waals surface area contributed by atoms with Crippen LogP contribution in [0.2, 0.25) is 0 Å². The fourth-order valence-electron chi connectivity index (χ4n) is 2.80. The highest BCUT2D eigenvalue weighted by Crippen LogP contribution is 2.30. The molecule has 0 amide bonds. The van der Waals surface area contributed by atoms with E-state index in [-0.39, 0.29) is 11.5 Å². The van der Waals surface area contributed by atoms with E-state index in [0.717, 1.165) is 43.9 Å². The summed E-state index contributed by atoms with van der Waals surface area (Å²) in [5, 5.41) is 42.5. The minimum atomic E-state index is -4.82. The Labute approximate surface area is 183 Å². The summed E-state index contributed by atoms with van der Waals surface area (Å²) in [6, 6.07) is 0. The first kappa shape index (κ1) is 27.7. The second-order valence-corrected chi connectivity index (χ2v) is 10.7. The molecule has 0 saturated carbocycles. The number of ether oxygens (including phenoxy) is 1. The Morgan fingerprint density at radius 2 is 1.67 bits per heavy atom. The predicted molar refractivity (Wildman–Crippen MR) is 113 cm³/mol. The van der Waals surface area contributed by atoms with Crippen LogP contribution < -0.4 is 0 Å². The van der Waals surface area contributed by atoms with Crippen LogP contribution in [0.4, 0.5) is 0 Å². The molecule has 0 bridgehead atoms. The summed E-state index contributed by atoms with van der Waals surface area (Å²) in [4.78, 5) is 0. The summed E-state index contributed by atoms with van der Waals surface area (Å²) < 4.78 is 50.8. The van der Waals surface area contributed by atoms with Gasteiger partial charge in [-0.05, 0) is 19.3 Å². The number of aliphatic hydroxyl groups is 4. The SMILES string of the molecule is C[S@@](=O)CCCCCCCC/C(=N\OS(=O)(=O)O)S[C@@H]1O[C@H](CO)[C@@H](O)[C@H](O)[C@H]1O. The van der Waals surface area contributed by atoms with Gasteiger partial charge in [-0.15, -0.1) is 0 Å². The Kier molecular flexibility index (Phi) is 12.9. The topological polar surface area (TPSA) is 183 Å². The van der Waals surface area contributed by atoms with Crippen molar-refractivity contribution in [3.63, 3.8) is 0 Å². The number of hydrogen-bond acceptors (Lipinski definition) is 11. The summed E-state index contributed by atoms with van der Waals surface area (Å²) in [5.41, 5.74) is -1.14. The highest BCUT2D eigenvalue weighted by Gasteiger charge is 2.44. The summed E-state index contributed by atoms with van der Waals surface area (Å²) in [7, 11) is -5.61. The lowest BCUT2D eigenvalue weighted by molar-refractivity contribution is -0.205. The van der Waals surface area contributed by atoms with Crippen LogP contribution in [0, 0.1) is 0 Å². The van der Waals surface area contributed by atoms with Crippen molar-refractivity contribution in [2.24, 2.45) is 5.16 Å². The number of hydrogen-bond donors (Lipinski definition) is 5. The number of unbranched alkanes of at least 4 members (excludes halogenated alkanes) is 5. The molecule has 1 heterocycles. The largest absolute Gasteiger partial charge is 0.466 e. The quantitative estimate of drug-likeness (QED) is 0.0750. The lowest BCUT2D eigenvalue weighted by Crippen LogP contribution is -2.57. The van der Waals surface area contributed by atoms with Crippen LogP contribution in [0.1, 0.15) is 44.9 Å². The molecule has 6 atom stereocenters. The molecule has 0 unspecified atom stereocenters. The second-order valence-electron chi connectivity index (χ2n) is 6.95. The van der Waals surface area contributed by atoms with Crippen LogP contribution in [0.15, 0.2) is 5.16 Å². The van der Waals surface area contributed by atoms with E-state index in [1.807, 2.05) is 0 Å². The molecule has 178 valence electrons. The monoisotopic (exact) mass is 493 g/mol. The van der Waals surface area contributed by atoms with Crippen LogP contribution in [0.3, 0.4) is 0 Å². The lowest BCUT2D eigenvalue weighted by Gasteiger charge is -2.39. The third kappa shape index (κ3) is 10.8. The fraction of sp³-hybridized carbons (Fsp3) is 0.938. The van der Waals surface area contributed by atoms with Gasteiger partial charge in [-0.2, -0.15) is 8.42 Å². The predicted octanol–water partition coefficient (Wildman–Crippen LogP) is -0.238. The summed E-state index contributed by atoms with van der Waals surface area (Å²) in [6.45, 7) is -0.596. The van der Waals surface area contributed by atoms with Crippen molar-refractivity contribution in [3.05, 3.63) is 0 Å². The van der Waals surface area contributed by atoms with Crippen molar-refractivity contribution in [2.75, 3.05) is 18.6 Å². The molecule has 1 aliphatic rings. The van der Waals surface area contributed by atoms with Gasteiger partial charge in [-0.1, -0.05) is 42.6 Å². The molecule has 14 heteroatoms. The van der Waals surface area contributed by atoms with Crippen molar-refractivity contribution < 1.29 is 46.6 Å². The van der Waals surface area contributed by atoms with Gasteiger partial charge in [0.05, 0.1) is 6.61 Å². The summed E-state index contributed by atoms with van der Waals surface area (Å²) in [6.07, 6.45) is 1.35. The van der Waals surface area contributed by atoms with Crippen molar-refractivity contribution in [1.82, 2.24) is 0 Å². The maximum absolute atomic E-state index is 11.0. The Hall–Kier alpha value is -0.320. The van der Waals surface area contributed by atoms with E-state index in [4.69, 9.17) is 9.29 Å². The van der Waals surface area contributed by atoms with Gasteiger partial charge in [0.2, 0.25) is 0 Å². The van der Waals surface area contributed by atoms with E-state index in [2.05, 4.69) is 9.44 Å². The van der Waals surface area contributed by atoms with E-state index in [1.54, 1.807) is 6.26 Å². The molecule has 0 aromatic rings. The summed E-state index contributed by atoms with van der Waals surface area (Å²) >= 11 is 0.776. The Morgan fingerprint density at radius 1 is 1.07 bits per heavy atom. The molecule has 0 radical (unpaired) electrons. The molecular formula is C16H31NO10S3. The molecule has 11 nitrogen and oxygen atoms in total. The Morgan fingerprint density at radius 3 is 2.23 bits per heavy atom. The number of rotatable bonds is 13. The minimum absolute atomic E-state index is 0.0957. The fourth-order valence-corrected chi connectivity index (χ4v) is 4.75. The second kappa shape index (κ2) is 14.0. The van der Waals surface area contributed by atoms with Gasteiger partial charge in [0.25, 0.3) is 0 Å². The molecule has 1 saturated heterocycles. The lowest BCUT2D eigenvalue weighted by atomic mass is 10.0. The van der Waals surface area contributed by atoms with Gasteiger partial charge < -0.3 is 25.2 Å². The average molecular weight is 494 g/mol. The minimum Gasteiger partial charge on any atom is -0.394 e. The molecule has 0 aromatic carbocycles. The first-order valence-electron chi connectivity index (χ1n) is 9.55. The van der Waals surface area contributed by atoms with Crippen LogP contribution in [-0.4, -0.2) is 91.1 Å². The molecule has 1 aliphatic heterocycles. The standard InChI is InChI=1S/C16H31NO10S3/c1-29(22)9-7-5-3-2-4-6-8-12(17-27-30(23,24)25)28-16-15(21)14(20)13(19)11(10-18)26-16/h11,13-16,18-21H,2-10H2,1H3,(H,23,24,25)/b17-12+/t11-,13-,14+,15-,16+,29-/m1/s1. The third-order valence-corrected chi connectivity index (χ3v) is 6.71. The highest BCUT2D eigenvalue weighted by molar-refractivity contribution is 8.14. The molecule has 5 N–H and O–H groups in total. The van der Waals surface area contributed by atoms with Crippen molar-refractivity contribution in [2.45, 2.75) is 74.8 Å². The zero-order chi connectivity index (χ0) is 22.7. The zero-order valence-electron chi connectivity index (χ0n) is 16.7. The van der Waals surface area contributed by atoms with Crippen LogP contribution in [0.25, 0.3) is 0 Å². The number of oxime groups is 1. The molecular weight excluding hydrogens is 462 g/mol. The van der Waals surface area contributed by atoms with Gasteiger partial charge in [-0.25, -0.2) is 4.28 Å². The number of aliphatic hydroxyl groups excluding tert-OH is 4. The van der Waals surface area contributed by atoms with Crippen molar-refractivity contribution in [3.8, 4) is 0 Å². The highest BCUT2D eigenvalue weighted by atomic mass is 32.3. The average Bonchev–Trinajstić information content (AvgIpc) is 2.67. The third-order valence-electron chi connectivity index (χ3n) is 4.41. The molecule has 30 heavy (non-hydrogen) atoms. The van der Waals surface area contributed by atoms with Crippen LogP contribution in [0.5, 0.6) is 0 Å².